The van der Waals surface area contributed by atoms with E-state index < -0.39 is 10.0 Å². The Morgan fingerprint density at radius 2 is 2.00 bits per heavy atom. The number of nitrogens with one attached hydrogen (secondary N) is 1. The van der Waals surface area contributed by atoms with Crippen molar-refractivity contribution >= 4 is 10.0 Å². The number of aliphatic hydroxyl groups excluding tert-OH is 1. The smallest absolute Gasteiger partial charge is 0.242 e. The van der Waals surface area contributed by atoms with E-state index in [1.54, 1.807) is 10.8 Å². The summed E-state index contributed by atoms with van der Waals surface area (Å²) in [5.41, 5.74) is 0.612. The number of aromatic nitrogens is 1. The zero-order valence-electron chi connectivity index (χ0n) is 12.0. The van der Waals surface area contributed by atoms with E-state index in [-0.39, 0.29) is 23.5 Å². The molecule has 0 aliphatic carbocycles. The van der Waals surface area contributed by atoms with E-state index in [4.69, 9.17) is 0 Å². The number of aryl methyl sites for hydroxylation is 1. The zero-order valence-corrected chi connectivity index (χ0v) is 12.9. The van der Waals surface area contributed by atoms with Gasteiger partial charge in [-0.2, -0.15) is 0 Å². The van der Waals surface area contributed by atoms with Crippen LogP contribution in [0.5, 0.6) is 0 Å². The summed E-state index contributed by atoms with van der Waals surface area (Å²) in [4.78, 5) is 0.220. The lowest BCUT2D eigenvalue weighted by molar-refractivity contribution is 0.271. The highest BCUT2D eigenvalue weighted by molar-refractivity contribution is 7.89. The summed E-state index contributed by atoms with van der Waals surface area (Å²) in [6.45, 7) is 8.33. The van der Waals surface area contributed by atoms with Crippen molar-refractivity contribution in [1.82, 2.24) is 9.29 Å². The maximum Gasteiger partial charge on any atom is 0.242 e. The average molecular weight is 288 g/mol. The molecule has 0 bridgehead atoms. The Kier molecular flexibility index (Phi) is 5.58. The highest BCUT2D eigenvalue weighted by atomic mass is 32.2. The monoisotopic (exact) mass is 288 g/mol. The molecule has 0 aliphatic rings. The van der Waals surface area contributed by atoms with Crippen molar-refractivity contribution in [3.8, 4) is 0 Å². The average Bonchev–Trinajstić information content (AvgIpc) is 2.79. The van der Waals surface area contributed by atoms with Gasteiger partial charge in [0.25, 0.3) is 0 Å². The quantitative estimate of drug-likeness (QED) is 0.802. The molecule has 0 radical (unpaired) electrons. The van der Waals surface area contributed by atoms with Crippen molar-refractivity contribution in [3.63, 3.8) is 0 Å². The van der Waals surface area contributed by atoms with Crippen LogP contribution < -0.4 is 4.72 Å². The number of aliphatic hydroxyl groups is 1. The van der Waals surface area contributed by atoms with Crippen LogP contribution in [0.4, 0.5) is 0 Å². The van der Waals surface area contributed by atoms with Crippen molar-refractivity contribution < 1.29 is 13.5 Å². The fourth-order valence-corrected chi connectivity index (χ4v) is 3.59. The third-order valence-electron chi connectivity index (χ3n) is 3.32. The molecule has 1 rings (SSSR count). The van der Waals surface area contributed by atoms with Gasteiger partial charge in [0, 0.05) is 24.5 Å². The molecule has 0 spiro atoms. The van der Waals surface area contributed by atoms with Gasteiger partial charge < -0.3 is 9.67 Å². The Bertz CT molecular complexity index is 484. The lowest BCUT2D eigenvalue weighted by atomic mass is 10.0. The fourth-order valence-electron chi connectivity index (χ4n) is 2.06. The van der Waals surface area contributed by atoms with Crippen molar-refractivity contribution in [3.05, 3.63) is 18.0 Å². The molecule has 0 saturated heterocycles. The van der Waals surface area contributed by atoms with Crippen molar-refractivity contribution in [1.29, 1.82) is 0 Å². The Morgan fingerprint density at radius 3 is 2.37 bits per heavy atom. The first-order valence-corrected chi connectivity index (χ1v) is 8.16. The second-order valence-corrected chi connectivity index (χ2v) is 6.71. The highest BCUT2D eigenvalue weighted by Crippen LogP contribution is 2.17. The molecule has 1 aromatic rings. The van der Waals surface area contributed by atoms with Gasteiger partial charge >= 0.3 is 0 Å². The van der Waals surface area contributed by atoms with E-state index in [2.05, 4.69) is 4.72 Å². The van der Waals surface area contributed by atoms with E-state index in [1.165, 1.54) is 6.07 Å². The Morgan fingerprint density at radius 1 is 1.37 bits per heavy atom. The highest BCUT2D eigenvalue weighted by Gasteiger charge is 2.23. The molecule has 6 heteroatoms. The van der Waals surface area contributed by atoms with Gasteiger partial charge in [0.2, 0.25) is 10.0 Å². The summed E-state index contributed by atoms with van der Waals surface area (Å²) < 4.78 is 29.1. The minimum Gasteiger partial charge on any atom is -0.390 e. The predicted molar refractivity (Wildman–Crippen MR) is 75.3 cm³/mol. The van der Waals surface area contributed by atoms with Gasteiger partial charge in [0.05, 0.1) is 11.5 Å². The van der Waals surface area contributed by atoms with Gasteiger partial charge in [-0.05, 0) is 25.3 Å². The van der Waals surface area contributed by atoms with E-state index in [1.807, 2.05) is 27.7 Å². The molecule has 0 saturated carbocycles. The van der Waals surface area contributed by atoms with E-state index in [9.17, 15) is 13.5 Å². The predicted octanol–water partition coefficient (Wildman–Crippen LogP) is 1.71. The summed E-state index contributed by atoms with van der Waals surface area (Å²) in [5, 5.41) is 9.21. The maximum absolute atomic E-state index is 12.3. The largest absolute Gasteiger partial charge is 0.390 e. The third-order valence-corrected chi connectivity index (χ3v) is 4.78. The fraction of sp³-hybridized carbons (Fsp3) is 0.692. The molecule has 5 nitrogen and oxygen atoms in total. The SMILES string of the molecule is CCC(NS(=O)(=O)c1cc(CO)n(CC)c1)C(C)C. The summed E-state index contributed by atoms with van der Waals surface area (Å²) in [5.74, 6) is 0.241. The summed E-state index contributed by atoms with van der Waals surface area (Å²) in [6, 6.07) is 1.45. The van der Waals surface area contributed by atoms with E-state index in [0.717, 1.165) is 6.42 Å². The molecule has 0 fully saturated rings. The van der Waals surface area contributed by atoms with Gasteiger partial charge in [-0.1, -0.05) is 20.8 Å². The normalized spacial score (nSPS) is 14.0. The van der Waals surface area contributed by atoms with Crippen LogP contribution in [0.2, 0.25) is 0 Å². The molecule has 1 unspecified atom stereocenters. The van der Waals surface area contributed by atoms with Gasteiger partial charge in [0.15, 0.2) is 0 Å². The Hall–Kier alpha value is -0.850. The second kappa shape index (κ2) is 6.54. The van der Waals surface area contributed by atoms with E-state index >= 15 is 0 Å². The molecule has 2 N–H and O–H groups in total. The molecule has 1 aromatic heterocycles. The van der Waals surface area contributed by atoms with Gasteiger partial charge in [-0.3, -0.25) is 0 Å². The van der Waals surface area contributed by atoms with Crippen LogP contribution in [-0.2, 0) is 23.2 Å². The number of sulfonamides is 1. The van der Waals surface area contributed by atoms with Crippen LogP contribution >= 0.6 is 0 Å². The van der Waals surface area contributed by atoms with Gasteiger partial charge in [0.1, 0.15) is 0 Å². The summed E-state index contributed by atoms with van der Waals surface area (Å²) in [7, 11) is -3.52. The van der Waals surface area contributed by atoms with Crippen molar-refractivity contribution in [2.75, 3.05) is 0 Å². The van der Waals surface area contributed by atoms with Crippen LogP contribution in [-0.4, -0.2) is 24.1 Å². The second-order valence-electron chi connectivity index (χ2n) is 4.99. The molecular formula is C13H24N2O3S. The number of rotatable bonds is 7. The number of hydrogen-bond acceptors (Lipinski definition) is 3. The molecule has 1 atom stereocenters. The first-order chi connectivity index (χ1) is 8.85. The minimum absolute atomic E-state index is 0.0763. The van der Waals surface area contributed by atoms with Gasteiger partial charge in [-0.25, -0.2) is 13.1 Å². The maximum atomic E-state index is 12.3. The summed E-state index contributed by atoms with van der Waals surface area (Å²) >= 11 is 0. The van der Waals surface area contributed by atoms with Crippen molar-refractivity contribution in [2.24, 2.45) is 5.92 Å². The Balaban J connectivity index is 3.03. The lowest BCUT2D eigenvalue weighted by Gasteiger charge is -2.20. The Labute approximate surface area is 115 Å². The van der Waals surface area contributed by atoms with Crippen molar-refractivity contribution in [2.45, 2.75) is 58.2 Å². The minimum atomic E-state index is -3.52. The molecule has 0 amide bonds. The lowest BCUT2D eigenvalue weighted by Crippen LogP contribution is -2.37. The van der Waals surface area contributed by atoms with Gasteiger partial charge in [-0.15, -0.1) is 0 Å². The van der Waals surface area contributed by atoms with E-state index in [0.29, 0.717) is 12.2 Å². The molecular weight excluding hydrogens is 264 g/mol. The summed E-state index contributed by atoms with van der Waals surface area (Å²) in [6.07, 6.45) is 2.32. The molecule has 110 valence electrons. The van der Waals surface area contributed by atoms with Crippen LogP contribution in [0.1, 0.15) is 39.8 Å². The standard InChI is InChI=1S/C13H24N2O3S/c1-5-13(10(3)4)14-19(17,18)12-7-11(9-16)15(6-2)8-12/h7-8,10,13-14,16H,5-6,9H2,1-4H3. The first kappa shape index (κ1) is 16.2. The van der Waals surface area contributed by atoms with Crippen LogP contribution in [0.25, 0.3) is 0 Å². The molecule has 0 aliphatic heterocycles. The first-order valence-electron chi connectivity index (χ1n) is 6.67. The topological polar surface area (TPSA) is 71.3 Å². The third kappa shape index (κ3) is 3.81. The molecule has 19 heavy (non-hydrogen) atoms. The van der Waals surface area contributed by atoms with Crippen LogP contribution in [0.3, 0.4) is 0 Å². The van der Waals surface area contributed by atoms with Crippen LogP contribution in [0, 0.1) is 5.92 Å². The number of nitrogens with zero attached hydrogens (tertiary/aromatic N) is 1. The number of hydrogen-bond donors (Lipinski definition) is 2. The van der Waals surface area contributed by atoms with Crippen LogP contribution in [0.15, 0.2) is 17.2 Å². The molecule has 1 heterocycles. The zero-order chi connectivity index (χ0) is 14.6. The molecule has 0 aromatic carbocycles.